The van der Waals surface area contributed by atoms with Crippen molar-refractivity contribution in [2.24, 2.45) is 0 Å². The molecular weight excluding hydrogens is 492 g/mol. The van der Waals surface area contributed by atoms with Gasteiger partial charge in [-0.2, -0.15) is 0 Å². The molecule has 1 aromatic carbocycles. The fourth-order valence-corrected chi connectivity index (χ4v) is 6.38. The largest absolute Gasteiger partial charge is 0.338 e. The maximum atomic E-state index is 14.2. The zero-order chi connectivity index (χ0) is 27.8. The summed E-state index contributed by atoms with van der Waals surface area (Å²) in [5.74, 6) is -0.699. The molecule has 8 heteroatoms. The van der Waals surface area contributed by atoms with Crippen LogP contribution in [0.5, 0.6) is 0 Å². The zero-order valence-corrected chi connectivity index (χ0v) is 23.1. The lowest BCUT2D eigenvalue weighted by Gasteiger charge is -2.40. The summed E-state index contributed by atoms with van der Waals surface area (Å²) in [6.07, 6.45) is 7.81. The summed E-state index contributed by atoms with van der Waals surface area (Å²) in [6.45, 7) is 6.78. The van der Waals surface area contributed by atoms with Gasteiger partial charge in [0.25, 0.3) is 5.91 Å². The predicted molar refractivity (Wildman–Crippen MR) is 147 cm³/mol. The van der Waals surface area contributed by atoms with Gasteiger partial charge in [0.1, 0.15) is 11.6 Å². The SMILES string of the molecule is CC(C)(C)c1ccc(C(=O)NC2(C(=O)N3CCC4C3C(=O)CN4C(=O)Cc3cccnc3)CCCCC2)cc1. The van der Waals surface area contributed by atoms with Crippen molar-refractivity contribution < 1.29 is 19.2 Å². The molecule has 5 rings (SSSR count). The van der Waals surface area contributed by atoms with E-state index in [4.69, 9.17) is 0 Å². The third-order valence-electron chi connectivity index (χ3n) is 8.56. The predicted octanol–water partition coefficient (Wildman–Crippen LogP) is 3.44. The van der Waals surface area contributed by atoms with Crippen molar-refractivity contribution in [1.82, 2.24) is 20.1 Å². The number of amides is 3. The Morgan fingerprint density at radius 2 is 1.74 bits per heavy atom. The second kappa shape index (κ2) is 10.5. The number of Topliss-reactive ketones (excluding diaryl/α,β-unsaturated/α-hetero) is 1. The van der Waals surface area contributed by atoms with Crippen LogP contribution in [0.4, 0.5) is 0 Å². The van der Waals surface area contributed by atoms with Gasteiger partial charge < -0.3 is 15.1 Å². The van der Waals surface area contributed by atoms with Gasteiger partial charge in [0.05, 0.1) is 19.0 Å². The van der Waals surface area contributed by atoms with E-state index in [1.165, 1.54) is 0 Å². The number of carbonyl (C=O) groups excluding carboxylic acids is 4. The van der Waals surface area contributed by atoms with Crippen LogP contribution in [0.25, 0.3) is 0 Å². The Morgan fingerprint density at radius 1 is 1.03 bits per heavy atom. The Hall–Kier alpha value is -3.55. The van der Waals surface area contributed by atoms with Crippen molar-refractivity contribution in [3.8, 4) is 0 Å². The second-order valence-electron chi connectivity index (χ2n) is 12.2. The van der Waals surface area contributed by atoms with Crippen LogP contribution in [-0.4, -0.2) is 69.0 Å². The Labute approximate surface area is 230 Å². The minimum Gasteiger partial charge on any atom is -0.338 e. The van der Waals surface area contributed by atoms with Crippen molar-refractivity contribution in [2.45, 2.75) is 88.8 Å². The zero-order valence-electron chi connectivity index (χ0n) is 23.1. The molecule has 0 spiro atoms. The first-order valence-corrected chi connectivity index (χ1v) is 14.0. The third-order valence-corrected chi connectivity index (χ3v) is 8.56. The molecule has 1 aromatic heterocycles. The molecule has 39 heavy (non-hydrogen) atoms. The number of aromatic nitrogens is 1. The number of ketones is 1. The van der Waals surface area contributed by atoms with Gasteiger partial charge in [0, 0.05) is 24.5 Å². The molecular formula is C31H38N4O4. The van der Waals surface area contributed by atoms with Gasteiger partial charge in [-0.05, 0) is 54.0 Å². The van der Waals surface area contributed by atoms with E-state index >= 15 is 0 Å². The Bertz CT molecular complexity index is 1250. The lowest BCUT2D eigenvalue weighted by Crippen LogP contribution is -2.62. The van der Waals surface area contributed by atoms with Crippen molar-refractivity contribution in [1.29, 1.82) is 0 Å². The molecule has 206 valence electrons. The summed E-state index contributed by atoms with van der Waals surface area (Å²) >= 11 is 0. The highest BCUT2D eigenvalue weighted by Gasteiger charge is 2.55. The monoisotopic (exact) mass is 530 g/mol. The number of rotatable bonds is 5. The molecule has 1 N–H and O–H groups in total. The topological polar surface area (TPSA) is 99.7 Å². The lowest BCUT2D eigenvalue weighted by atomic mass is 9.80. The molecule has 1 aliphatic carbocycles. The fraction of sp³-hybridized carbons (Fsp3) is 0.516. The van der Waals surface area contributed by atoms with Crippen LogP contribution >= 0.6 is 0 Å². The van der Waals surface area contributed by atoms with Gasteiger partial charge in [-0.15, -0.1) is 0 Å². The van der Waals surface area contributed by atoms with E-state index in [0.717, 1.165) is 30.4 Å². The number of hydrogen-bond donors (Lipinski definition) is 1. The molecule has 8 nitrogen and oxygen atoms in total. The minimum absolute atomic E-state index is 0.0116. The maximum Gasteiger partial charge on any atom is 0.252 e. The van der Waals surface area contributed by atoms with Crippen molar-refractivity contribution in [3.63, 3.8) is 0 Å². The van der Waals surface area contributed by atoms with Gasteiger partial charge >= 0.3 is 0 Å². The number of carbonyl (C=O) groups is 4. The minimum atomic E-state index is -1.04. The molecule has 0 bridgehead atoms. The number of likely N-dealkylation sites (tertiary alicyclic amines) is 2. The van der Waals surface area contributed by atoms with E-state index in [1.807, 2.05) is 30.3 Å². The van der Waals surface area contributed by atoms with Gasteiger partial charge in [0.15, 0.2) is 5.78 Å². The molecule has 2 atom stereocenters. The molecule has 3 aliphatic rings. The van der Waals surface area contributed by atoms with Gasteiger partial charge in [0.2, 0.25) is 11.8 Å². The van der Waals surface area contributed by atoms with Crippen LogP contribution in [0, 0.1) is 0 Å². The first-order valence-electron chi connectivity index (χ1n) is 14.0. The van der Waals surface area contributed by atoms with E-state index in [-0.39, 0.29) is 47.9 Å². The van der Waals surface area contributed by atoms with Crippen LogP contribution in [0.1, 0.15) is 80.8 Å². The van der Waals surface area contributed by atoms with Gasteiger partial charge in [-0.1, -0.05) is 58.2 Å². The maximum absolute atomic E-state index is 14.2. The normalized spacial score (nSPS) is 22.5. The lowest BCUT2D eigenvalue weighted by molar-refractivity contribution is -0.143. The molecule has 2 saturated heterocycles. The highest BCUT2D eigenvalue weighted by Crippen LogP contribution is 2.36. The van der Waals surface area contributed by atoms with Crippen LogP contribution < -0.4 is 5.32 Å². The van der Waals surface area contributed by atoms with Crippen molar-refractivity contribution in [2.75, 3.05) is 13.1 Å². The molecule has 2 unspecified atom stereocenters. The summed E-state index contributed by atoms with van der Waals surface area (Å²) < 4.78 is 0. The summed E-state index contributed by atoms with van der Waals surface area (Å²) in [5, 5.41) is 3.12. The van der Waals surface area contributed by atoms with E-state index in [9.17, 15) is 19.2 Å². The Balaban J connectivity index is 1.33. The number of benzene rings is 1. The molecule has 3 fully saturated rings. The van der Waals surface area contributed by atoms with E-state index in [2.05, 4.69) is 31.1 Å². The van der Waals surface area contributed by atoms with Gasteiger partial charge in [-0.3, -0.25) is 24.2 Å². The Morgan fingerprint density at radius 3 is 2.38 bits per heavy atom. The average molecular weight is 531 g/mol. The Kier molecular flexibility index (Phi) is 7.31. The molecule has 0 radical (unpaired) electrons. The third kappa shape index (κ3) is 5.34. The summed E-state index contributed by atoms with van der Waals surface area (Å²) in [4.78, 5) is 61.3. The van der Waals surface area contributed by atoms with Crippen molar-refractivity contribution in [3.05, 3.63) is 65.5 Å². The molecule has 3 amide bonds. The highest BCUT2D eigenvalue weighted by molar-refractivity contribution is 6.02. The van der Waals surface area contributed by atoms with E-state index in [1.54, 1.807) is 28.3 Å². The molecule has 1 saturated carbocycles. The van der Waals surface area contributed by atoms with Crippen LogP contribution in [0.2, 0.25) is 0 Å². The standard InChI is InChI=1S/C31H38N4O4/c1-30(2,3)23-11-9-22(10-12-23)28(38)33-31(14-5-4-6-15-31)29(39)34-17-13-24-27(34)25(36)20-35(24)26(37)18-21-8-7-16-32-19-21/h7-12,16,19,24,27H,4-6,13-15,17-18,20H2,1-3H3,(H,33,38). The molecule has 2 aliphatic heterocycles. The first-order chi connectivity index (χ1) is 18.6. The first kappa shape index (κ1) is 27.0. The number of fused-ring (bicyclic) bond motifs is 1. The van der Waals surface area contributed by atoms with Crippen molar-refractivity contribution >= 4 is 23.5 Å². The average Bonchev–Trinajstić information content (AvgIpc) is 3.50. The second-order valence-corrected chi connectivity index (χ2v) is 12.2. The summed E-state index contributed by atoms with van der Waals surface area (Å²) in [5.41, 5.74) is 1.38. The number of nitrogens with one attached hydrogen (secondary N) is 1. The number of hydrogen-bond acceptors (Lipinski definition) is 5. The molecule has 3 heterocycles. The van der Waals surface area contributed by atoms with E-state index in [0.29, 0.717) is 31.4 Å². The highest BCUT2D eigenvalue weighted by atomic mass is 16.2. The number of pyridine rings is 1. The number of nitrogens with zero attached hydrogens (tertiary/aromatic N) is 3. The quantitative estimate of drug-likeness (QED) is 0.639. The van der Waals surface area contributed by atoms with Gasteiger partial charge in [-0.25, -0.2) is 0 Å². The van der Waals surface area contributed by atoms with Crippen LogP contribution in [-0.2, 0) is 26.2 Å². The van der Waals surface area contributed by atoms with E-state index < -0.39 is 11.6 Å². The summed E-state index contributed by atoms with van der Waals surface area (Å²) in [7, 11) is 0. The smallest absolute Gasteiger partial charge is 0.252 e. The molecule has 2 aromatic rings. The summed E-state index contributed by atoms with van der Waals surface area (Å²) in [6, 6.07) is 10.2. The van der Waals surface area contributed by atoms with Crippen LogP contribution in [0.3, 0.4) is 0 Å². The van der Waals surface area contributed by atoms with Crippen LogP contribution in [0.15, 0.2) is 48.8 Å². The fourth-order valence-electron chi connectivity index (χ4n) is 6.38.